The van der Waals surface area contributed by atoms with Gasteiger partial charge in [0.1, 0.15) is 5.72 Å². The molecule has 3 nitrogen and oxygen atoms in total. The largest absolute Gasteiger partial charge is 0.387 e. The van der Waals surface area contributed by atoms with Crippen LogP contribution in [0.25, 0.3) is 0 Å². The van der Waals surface area contributed by atoms with Gasteiger partial charge in [-0.05, 0) is 20.9 Å². The van der Waals surface area contributed by atoms with Crippen molar-refractivity contribution in [2.75, 3.05) is 13.7 Å². The molecule has 0 saturated carbocycles. The summed E-state index contributed by atoms with van der Waals surface area (Å²) in [5.74, 6) is 0. The van der Waals surface area contributed by atoms with Gasteiger partial charge in [-0.3, -0.25) is 4.90 Å². The average Bonchev–Trinajstić information content (AvgIpc) is 2.27. The lowest BCUT2D eigenvalue weighted by Gasteiger charge is -2.30. The lowest BCUT2D eigenvalue weighted by molar-refractivity contribution is -0.0444. The molecule has 0 bridgehead atoms. The molecule has 0 aromatic carbocycles. The van der Waals surface area contributed by atoms with Gasteiger partial charge in [0.05, 0.1) is 18.8 Å². The molecule has 1 saturated heterocycles. The van der Waals surface area contributed by atoms with Crippen molar-refractivity contribution in [3.63, 3.8) is 0 Å². The Hall–Kier alpha value is -0.380. The zero-order valence-corrected chi connectivity index (χ0v) is 7.95. The summed E-state index contributed by atoms with van der Waals surface area (Å²) in [6.07, 6.45) is 1.04. The average molecular weight is 171 g/mol. The number of hydrogen-bond donors (Lipinski definition) is 1. The lowest BCUT2D eigenvalue weighted by Crippen LogP contribution is -2.45. The molecule has 0 aromatic rings. The third-order valence-electron chi connectivity index (χ3n) is 2.59. The van der Waals surface area contributed by atoms with Gasteiger partial charge < -0.3 is 9.84 Å². The highest BCUT2D eigenvalue weighted by Gasteiger charge is 2.40. The minimum absolute atomic E-state index is 0.0394. The van der Waals surface area contributed by atoms with Gasteiger partial charge in [-0.1, -0.05) is 6.08 Å². The van der Waals surface area contributed by atoms with E-state index in [1.165, 1.54) is 0 Å². The molecular weight excluding hydrogens is 154 g/mol. The summed E-state index contributed by atoms with van der Waals surface area (Å²) in [7, 11) is 1.95. The molecule has 12 heavy (non-hydrogen) atoms. The van der Waals surface area contributed by atoms with Crippen molar-refractivity contribution >= 4 is 0 Å². The number of rotatable bonds is 2. The molecule has 0 spiro atoms. The quantitative estimate of drug-likeness (QED) is 0.618. The molecule has 70 valence electrons. The second-order valence-corrected chi connectivity index (χ2v) is 3.66. The molecule has 1 rings (SSSR count). The minimum atomic E-state index is -0.503. The van der Waals surface area contributed by atoms with Crippen LogP contribution >= 0.6 is 0 Å². The number of likely N-dealkylation sites (N-methyl/N-ethyl adjacent to an activating group) is 1. The Morgan fingerprint density at radius 2 is 2.33 bits per heavy atom. The van der Waals surface area contributed by atoms with Gasteiger partial charge in [0, 0.05) is 0 Å². The first kappa shape index (κ1) is 9.71. The van der Waals surface area contributed by atoms with Gasteiger partial charge in [0.15, 0.2) is 0 Å². The van der Waals surface area contributed by atoms with E-state index in [0.717, 1.165) is 0 Å². The Morgan fingerprint density at radius 3 is 2.67 bits per heavy atom. The highest BCUT2D eigenvalue weighted by molar-refractivity contribution is 4.95. The van der Waals surface area contributed by atoms with Gasteiger partial charge in [0.2, 0.25) is 0 Å². The molecule has 1 N–H and O–H groups in total. The van der Waals surface area contributed by atoms with Crippen molar-refractivity contribution in [3.8, 4) is 0 Å². The third-order valence-corrected chi connectivity index (χ3v) is 2.59. The summed E-state index contributed by atoms with van der Waals surface area (Å²) < 4.78 is 5.51. The van der Waals surface area contributed by atoms with Gasteiger partial charge in [0.25, 0.3) is 0 Å². The first-order valence-corrected chi connectivity index (χ1v) is 4.16. The second-order valence-electron chi connectivity index (χ2n) is 3.66. The molecular formula is C9H17NO2. The smallest absolute Gasteiger partial charge is 0.116 e. The molecule has 0 aliphatic carbocycles. The van der Waals surface area contributed by atoms with Crippen molar-refractivity contribution in [3.05, 3.63) is 12.7 Å². The van der Waals surface area contributed by atoms with Gasteiger partial charge in [-0.2, -0.15) is 0 Å². The van der Waals surface area contributed by atoms with Gasteiger partial charge in [-0.25, -0.2) is 0 Å². The highest BCUT2D eigenvalue weighted by atomic mass is 16.5. The first-order chi connectivity index (χ1) is 5.49. The van der Waals surface area contributed by atoms with E-state index in [-0.39, 0.29) is 11.8 Å². The summed E-state index contributed by atoms with van der Waals surface area (Å²) in [6.45, 7) is 8.10. The molecule has 0 amide bonds. The maximum Gasteiger partial charge on any atom is 0.116 e. The van der Waals surface area contributed by atoms with Crippen LogP contribution in [0.5, 0.6) is 0 Å². The predicted octanol–water partition coefficient (Wildman–Crippen LogP) is 0.600. The number of aliphatic hydroxyl groups excluding tert-OH is 1. The van der Waals surface area contributed by atoms with E-state index in [4.69, 9.17) is 4.74 Å². The predicted molar refractivity (Wildman–Crippen MR) is 47.8 cm³/mol. The normalized spacial score (nSPS) is 31.8. The van der Waals surface area contributed by atoms with Crippen LogP contribution in [0.4, 0.5) is 0 Å². The summed E-state index contributed by atoms with van der Waals surface area (Å²) in [5.41, 5.74) is -0.269. The molecule has 3 heteroatoms. The number of nitrogens with zero attached hydrogens (tertiary/aromatic N) is 1. The summed E-state index contributed by atoms with van der Waals surface area (Å²) >= 11 is 0. The van der Waals surface area contributed by atoms with Crippen molar-refractivity contribution in [2.45, 2.75) is 31.7 Å². The van der Waals surface area contributed by atoms with E-state index in [1.807, 2.05) is 25.8 Å². The Bertz CT molecular complexity index is 179. The van der Waals surface area contributed by atoms with E-state index in [0.29, 0.717) is 6.61 Å². The Balaban J connectivity index is 2.66. The Labute approximate surface area is 73.6 Å². The fraction of sp³-hybridized carbons (Fsp3) is 0.778. The van der Waals surface area contributed by atoms with Crippen LogP contribution in [-0.2, 0) is 4.74 Å². The second kappa shape index (κ2) is 3.17. The molecule has 0 radical (unpaired) electrons. The number of hydrogen-bond acceptors (Lipinski definition) is 3. The lowest BCUT2D eigenvalue weighted by atomic mass is 10.1. The van der Waals surface area contributed by atoms with Crippen LogP contribution in [0.2, 0.25) is 0 Å². The monoisotopic (exact) mass is 171 g/mol. The summed E-state index contributed by atoms with van der Waals surface area (Å²) in [4.78, 5) is 2.03. The van der Waals surface area contributed by atoms with Crippen molar-refractivity contribution in [2.24, 2.45) is 0 Å². The minimum Gasteiger partial charge on any atom is -0.387 e. The van der Waals surface area contributed by atoms with E-state index in [1.54, 1.807) is 6.08 Å². The molecule has 1 fully saturated rings. The maximum atomic E-state index is 9.52. The summed E-state index contributed by atoms with van der Waals surface area (Å²) in [5, 5.41) is 9.52. The van der Waals surface area contributed by atoms with E-state index < -0.39 is 6.10 Å². The van der Waals surface area contributed by atoms with E-state index in [2.05, 4.69) is 6.58 Å². The van der Waals surface area contributed by atoms with E-state index >= 15 is 0 Å². The Morgan fingerprint density at radius 1 is 1.75 bits per heavy atom. The van der Waals surface area contributed by atoms with Crippen LogP contribution < -0.4 is 0 Å². The third kappa shape index (κ3) is 1.53. The molecule has 1 heterocycles. The van der Waals surface area contributed by atoms with Crippen LogP contribution in [0.15, 0.2) is 12.7 Å². The van der Waals surface area contributed by atoms with Crippen LogP contribution in [-0.4, -0.2) is 41.5 Å². The molecule has 1 aliphatic heterocycles. The SMILES string of the molecule is C=CC(O)C1COC(C)(C)N1C. The maximum absolute atomic E-state index is 9.52. The summed E-state index contributed by atoms with van der Waals surface area (Å²) in [6, 6.07) is 0.0394. The van der Waals surface area contributed by atoms with Crippen LogP contribution in [0.1, 0.15) is 13.8 Å². The van der Waals surface area contributed by atoms with Crippen molar-refractivity contribution in [1.29, 1.82) is 0 Å². The fourth-order valence-corrected chi connectivity index (χ4v) is 1.39. The van der Waals surface area contributed by atoms with Crippen molar-refractivity contribution in [1.82, 2.24) is 4.90 Å². The zero-order chi connectivity index (χ0) is 9.35. The topological polar surface area (TPSA) is 32.7 Å². The molecule has 2 unspecified atom stereocenters. The molecule has 0 aromatic heterocycles. The number of aliphatic hydroxyl groups is 1. The van der Waals surface area contributed by atoms with Crippen LogP contribution in [0.3, 0.4) is 0 Å². The molecule has 2 atom stereocenters. The van der Waals surface area contributed by atoms with Crippen molar-refractivity contribution < 1.29 is 9.84 Å². The highest BCUT2D eigenvalue weighted by Crippen LogP contribution is 2.26. The standard InChI is InChI=1S/C9H17NO2/c1-5-8(11)7-6-12-9(2,3)10(7)4/h5,7-8,11H,1,6H2,2-4H3. The van der Waals surface area contributed by atoms with Gasteiger partial charge in [-0.15, -0.1) is 6.58 Å². The Kier molecular flexibility index (Phi) is 2.56. The zero-order valence-electron chi connectivity index (χ0n) is 7.95. The van der Waals surface area contributed by atoms with Gasteiger partial charge >= 0.3 is 0 Å². The first-order valence-electron chi connectivity index (χ1n) is 4.16. The number of ether oxygens (including phenoxy) is 1. The van der Waals surface area contributed by atoms with E-state index in [9.17, 15) is 5.11 Å². The molecule has 1 aliphatic rings. The fourth-order valence-electron chi connectivity index (χ4n) is 1.39. The van der Waals surface area contributed by atoms with Crippen LogP contribution in [0, 0.1) is 0 Å².